The van der Waals surface area contributed by atoms with Gasteiger partial charge >= 0.3 is 0 Å². The van der Waals surface area contributed by atoms with Crippen molar-refractivity contribution in [3.8, 4) is 0 Å². The molecule has 0 aliphatic carbocycles. The van der Waals surface area contributed by atoms with E-state index in [1.165, 1.54) is 18.6 Å². The van der Waals surface area contributed by atoms with E-state index >= 15 is 0 Å². The fourth-order valence-corrected chi connectivity index (χ4v) is 2.13. The lowest BCUT2D eigenvalue weighted by Crippen LogP contribution is -2.44. The summed E-state index contributed by atoms with van der Waals surface area (Å²) >= 11 is 0. The Kier molecular flexibility index (Phi) is 3.50. The number of carbonyl (C=O) groups is 2. The molecule has 102 valence electrons. The smallest absolute Gasteiger partial charge is 0.271 e. The second kappa shape index (κ2) is 4.95. The molecular weight excluding hydrogens is 244 g/mol. The number of hydrogen-bond acceptors (Lipinski definition) is 4. The SMILES string of the molecule is CC(C)(C)N1CC(NC(=O)c2cnccn2)CC1=O. The third-order valence-corrected chi connectivity index (χ3v) is 3.07. The van der Waals surface area contributed by atoms with Crippen molar-refractivity contribution in [3.05, 3.63) is 24.3 Å². The van der Waals surface area contributed by atoms with Gasteiger partial charge in [0.1, 0.15) is 5.69 Å². The molecule has 0 bridgehead atoms. The lowest BCUT2D eigenvalue weighted by molar-refractivity contribution is -0.131. The van der Waals surface area contributed by atoms with Gasteiger partial charge in [0.15, 0.2) is 0 Å². The van der Waals surface area contributed by atoms with Crippen molar-refractivity contribution < 1.29 is 9.59 Å². The van der Waals surface area contributed by atoms with Gasteiger partial charge < -0.3 is 10.2 Å². The summed E-state index contributed by atoms with van der Waals surface area (Å²) in [6.07, 6.45) is 4.73. The maximum atomic E-state index is 11.9. The molecule has 2 heterocycles. The van der Waals surface area contributed by atoms with Crippen molar-refractivity contribution in [2.24, 2.45) is 0 Å². The summed E-state index contributed by atoms with van der Waals surface area (Å²) in [5, 5.41) is 2.82. The molecule has 1 aromatic heterocycles. The fraction of sp³-hybridized carbons (Fsp3) is 0.538. The molecule has 1 fully saturated rings. The highest BCUT2D eigenvalue weighted by Crippen LogP contribution is 2.21. The zero-order valence-electron chi connectivity index (χ0n) is 11.4. The van der Waals surface area contributed by atoms with Crippen LogP contribution in [0.1, 0.15) is 37.7 Å². The number of hydrogen-bond donors (Lipinski definition) is 1. The number of rotatable bonds is 2. The molecule has 2 rings (SSSR count). The van der Waals surface area contributed by atoms with E-state index in [0.717, 1.165) is 0 Å². The van der Waals surface area contributed by atoms with Gasteiger partial charge in [-0.25, -0.2) is 4.98 Å². The molecule has 1 aliphatic rings. The first-order chi connectivity index (χ1) is 8.88. The van der Waals surface area contributed by atoms with Crippen molar-refractivity contribution in [3.63, 3.8) is 0 Å². The van der Waals surface area contributed by atoms with Gasteiger partial charge in [0.05, 0.1) is 12.2 Å². The van der Waals surface area contributed by atoms with Crippen LogP contribution >= 0.6 is 0 Å². The Balaban J connectivity index is 1.99. The molecule has 0 spiro atoms. The second-order valence-electron chi connectivity index (χ2n) is 5.64. The Morgan fingerprint density at radius 1 is 1.42 bits per heavy atom. The fourth-order valence-electron chi connectivity index (χ4n) is 2.13. The average molecular weight is 262 g/mol. The lowest BCUT2D eigenvalue weighted by Gasteiger charge is -2.32. The minimum atomic E-state index is -0.290. The molecule has 19 heavy (non-hydrogen) atoms. The van der Waals surface area contributed by atoms with Crippen LogP contribution in [0.2, 0.25) is 0 Å². The van der Waals surface area contributed by atoms with Gasteiger partial charge in [-0.1, -0.05) is 0 Å². The molecule has 0 radical (unpaired) electrons. The van der Waals surface area contributed by atoms with Gasteiger partial charge in [0, 0.05) is 30.9 Å². The Morgan fingerprint density at radius 3 is 2.68 bits per heavy atom. The van der Waals surface area contributed by atoms with Gasteiger partial charge in [-0.05, 0) is 20.8 Å². The van der Waals surface area contributed by atoms with Crippen molar-refractivity contribution >= 4 is 11.8 Å². The first kappa shape index (κ1) is 13.5. The molecule has 1 aromatic rings. The summed E-state index contributed by atoms with van der Waals surface area (Å²) in [4.78, 5) is 33.4. The molecule has 1 unspecified atom stereocenters. The van der Waals surface area contributed by atoms with E-state index in [0.29, 0.717) is 13.0 Å². The molecule has 2 amide bonds. The quantitative estimate of drug-likeness (QED) is 0.847. The Labute approximate surface area is 112 Å². The zero-order chi connectivity index (χ0) is 14.0. The van der Waals surface area contributed by atoms with E-state index < -0.39 is 0 Å². The monoisotopic (exact) mass is 262 g/mol. The maximum Gasteiger partial charge on any atom is 0.271 e. The van der Waals surface area contributed by atoms with Crippen LogP contribution in [0.15, 0.2) is 18.6 Å². The number of nitrogens with zero attached hydrogens (tertiary/aromatic N) is 3. The van der Waals surface area contributed by atoms with Crippen LogP contribution in [0.25, 0.3) is 0 Å². The summed E-state index contributed by atoms with van der Waals surface area (Å²) in [5.74, 6) is -0.224. The number of nitrogens with one attached hydrogen (secondary N) is 1. The molecule has 1 N–H and O–H groups in total. The lowest BCUT2D eigenvalue weighted by atomic mass is 10.1. The molecule has 1 atom stereocenters. The first-order valence-electron chi connectivity index (χ1n) is 6.25. The molecule has 0 saturated carbocycles. The van der Waals surface area contributed by atoms with Gasteiger partial charge in [-0.2, -0.15) is 0 Å². The predicted molar refractivity (Wildman–Crippen MR) is 69.4 cm³/mol. The maximum absolute atomic E-state index is 11.9. The summed E-state index contributed by atoms with van der Waals surface area (Å²) in [6.45, 7) is 6.49. The predicted octanol–water partition coefficient (Wildman–Crippen LogP) is 0.606. The molecule has 6 nitrogen and oxygen atoms in total. The number of aromatic nitrogens is 2. The van der Waals surface area contributed by atoms with Gasteiger partial charge in [-0.3, -0.25) is 14.6 Å². The molecule has 0 aromatic carbocycles. The van der Waals surface area contributed by atoms with E-state index in [1.807, 2.05) is 20.8 Å². The third-order valence-electron chi connectivity index (χ3n) is 3.07. The van der Waals surface area contributed by atoms with Crippen LogP contribution in [-0.4, -0.2) is 44.8 Å². The molecule has 1 aliphatic heterocycles. The first-order valence-corrected chi connectivity index (χ1v) is 6.25. The standard InChI is InChI=1S/C13H18N4O2/c1-13(2,3)17-8-9(6-11(17)18)16-12(19)10-7-14-4-5-15-10/h4-5,7,9H,6,8H2,1-3H3,(H,16,19). The van der Waals surface area contributed by atoms with Crippen LogP contribution in [-0.2, 0) is 4.79 Å². The van der Waals surface area contributed by atoms with Crippen molar-refractivity contribution in [1.82, 2.24) is 20.2 Å². The second-order valence-corrected chi connectivity index (χ2v) is 5.64. The Bertz CT molecular complexity index is 481. The van der Waals surface area contributed by atoms with E-state index in [4.69, 9.17) is 0 Å². The van der Waals surface area contributed by atoms with E-state index in [1.54, 1.807) is 4.90 Å². The van der Waals surface area contributed by atoms with Gasteiger partial charge in [-0.15, -0.1) is 0 Å². The number of carbonyl (C=O) groups excluding carboxylic acids is 2. The molecule has 6 heteroatoms. The average Bonchev–Trinajstić information content (AvgIpc) is 2.71. The highest BCUT2D eigenvalue weighted by molar-refractivity contribution is 5.93. The van der Waals surface area contributed by atoms with E-state index in [2.05, 4.69) is 15.3 Å². The highest BCUT2D eigenvalue weighted by atomic mass is 16.2. The van der Waals surface area contributed by atoms with Crippen LogP contribution in [0.3, 0.4) is 0 Å². The topological polar surface area (TPSA) is 75.2 Å². The number of likely N-dealkylation sites (tertiary alicyclic amines) is 1. The van der Waals surface area contributed by atoms with Crippen LogP contribution in [0.4, 0.5) is 0 Å². The van der Waals surface area contributed by atoms with E-state index in [-0.39, 0.29) is 29.1 Å². The zero-order valence-corrected chi connectivity index (χ0v) is 11.4. The summed E-state index contributed by atoms with van der Waals surface area (Å²) in [6, 6.07) is -0.166. The van der Waals surface area contributed by atoms with Crippen molar-refractivity contribution in [2.45, 2.75) is 38.8 Å². The van der Waals surface area contributed by atoms with Crippen molar-refractivity contribution in [2.75, 3.05) is 6.54 Å². The van der Waals surface area contributed by atoms with Crippen LogP contribution in [0.5, 0.6) is 0 Å². The molecular formula is C13H18N4O2. The minimum absolute atomic E-state index is 0.0666. The minimum Gasteiger partial charge on any atom is -0.346 e. The van der Waals surface area contributed by atoms with Crippen LogP contribution in [0, 0.1) is 0 Å². The largest absolute Gasteiger partial charge is 0.346 e. The summed E-state index contributed by atoms with van der Waals surface area (Å²) in [5.41, 5.74) is 0.0486. The summed E-state index contributed by atoms with van der Waals surface area (Å²) < 4.78 is 0. The van der Waals surface area contributed by atoms with E-state index in [9.17, 15) is 9.59 Å². The summed E-state index contributed by atoms with van der Waals surface area (Å²) in [7, 11) is 0. The highest BCUT2D eigenvalue weighted by Gasteiger charge is 2.36. The van der Waals surface area contributed by atoms with Gasteiger partial charge in [0.2, 0.25) is 5.91 Å². The van der Waals surface area contributed by atoms with Gasteiger partial charge in [0.25, 0.3) is 5.91 Å². The van der Waals surface area contributed by atoms with Crippen LogP contribution < -0.4 is 5.32 Å². The Hall–Kier alpha value is -1.98. The van der Waals surface area contributed by atoms with Crippen molar-refractivity contribution in [1.29, 1.82) is 0 Å². The number of amides is 2. The third kappa shape index (κ3) is 3.07. The molecule has 1 saturated heterocycles. The Morgan fingerprint density at radius 2 is 2.16 bits per heavy atom. The normalized spacial score (nSPS) is 19.6.